The molecule has 9 heteroatoms. The lowest BCUT2D eigenvalue weighted by atomic mass is 10.1. The van der Waals surface area contributed by atoms with Gasteiger partial charge < -0.3 is 14.8 Å². The van der Waals surface area contributed by atoms with Crippen LogP contribution in [0.3, 0.4) is 0 Å². The zero-order valence-electron chi connectivity index (χ0n) is 19.3. The number of halogens is 1. The molecule has 0 fully saturated rings. The van der Waals surface area contributed by atoms with Gasteiger partial charge in [0.2, 0.25) is 0 Å². The Morgan fingerprint density at radius 2 is 1.86 bits per heavy atom. The summed E-state index contributed by atoms with van der Waals surface area (Å²) in [5, 5.41) is 4.34. The van der Waals surface area contributed by atoms with E-state index in [0.29, 0.717) is 57.0 Å². The van der Waals surface area contributed by atoms with Crippen molar-refractivity contribution < 1.29 is 14.3 Å². The molecular formula is C26H24ClN3O4S. The highest BCUT2D eigenvalue weighted by atomic mass is 35.5. The van der Waals surface area contributed by atoms with Crippen LogP contribution in [0.2, 0.25) is 5.02 Å². The van der Waals surface area contributed by atoms with E-state index in [1.807, 2.05) is 36.4 Å². The molecule has 0 aliphatic carbocycles. The van der Waals surface area contributed by atoms with E-state index >= 15 is 0 Å². The van der Waals surface area contributed by atoms with Crippen LogP contribution in [0, 0.1) is 0 Å². The molecule has 0 aliphatic rings. The Hall–Kier alpha value is -3.33. The van der Waals surface area contributed by atoms with Gasteiger partial charge in [0.1, 0.15) is 5.75 Å². The second-order valence-corrected chi connectivity index (χ2v) is 8.94. The molecule has 0 radical (unpaired) electrons. The van der Waals surface area contributed by atoms with E-state index in [0.717, 1.165) is 5.56 Å². The van der Waals surface area contributed by atoms with Crippen molar-refractivity contribution in [3.8, 4) is 11.4 Å². The van der Waals surface area contributed by atoms with E-state index in [1.165, 1.54) is 11.8 Å². The van der Waals surface area contributed by atoms with Gasteiger partial charge in [-0.25, -0.2) is 4.98 Å². The van der Waals surface area contributed by atoms with E-state index in [9.17, 15) is 9.59 Å². The number of hydrogen-bond acceptors (Lipinski definition) is 6. The van der Waals surface area contributed by atoms with Crippen molar-refractivity contribution in [1.82, 2.24) is 14.9 Å². The molecule has 0 saturated carbocycles. The van der Waals surface area contributed by atoms with Crippen molar-refractivity contribution in [1.29, 1.82) is 0 Å². The van der Waals surface area contributed by atoms with Crippen molar-refractivity contribution in [3.05, 3.63) is 93.2 Å². The number of thioether (sulfide) groups is 1. The van der Waals surface area contributed by atoms with Gasteiger partial charge in [-0.1, -0.05) is 41.6 Å². The first-order chi connectivity index (χ1) is 17.0. The number of rotatable bonds is 9. The minimum Gasteiger partial charge on any atom is -0.497 e. The minimum atomic E-state index is -0.254. The predicted molar refractivity (Wildman–Crippen MR) is 139 cm³/mol. The zero-order chi connectivity index (χ0) is 24.8. The number of nitrogens with zero attached hydrogens (tertiary/aromatic N) is 2. The zero-order valence-corrected chi connectivity index (χ0v) is 20.9. The smallest absolute Gasteiger partial charge is 0.266 e. The van der Waals surface area contributed by atoms with Crippen LogP contribution in [0.4, 0.5) is 0 Å². The summed E-state index contributed by atoms with van der Waals surface area (Å²) in [5.41, 5.74) is 2.23. The summed E-state index contributed by atoms with van der Waals surface area (Å²) < 4.78 is 11.8. The maximum Gasteiger partial charge on any atom is 0.266 e. The highest BCUT2D eigenvalue weighted by Crippen LogP contribution is 2.28. The number of ether oxygens (including phenoxy) is 2. The molecule has 0 bridgehead atoms. The molecular weight excluding hydrogens is 486 g/mol. The number of benzene rings is 3. The van der Waals surface area contributed by atoms with Crippen molar-refractivity contribution >= 4 is 40.2 Å². The van der Waals surface area contributed by atoms with Gasteiger partial charge in [0.25, 0.3) is 11.5 Å². The second-order valence-electron chi connectivity index (χ2n) is 7.59. The van der Waals surface area contributed by atoms with E-state index in [4.69, 9.17) is 26.1 Å². The molecule has 0 atom stereocenters. The van der Waals surface area contributed by atoms with E-state index in [1.54, 1.807) is 49.1 Å². The minimum absolute atomic E-state index is 0.229. The van der Waals surface area contributed by atoms with Crippen molar-refractivity contribution in [2.45, 2.75) is 10.9 Å². The number of methoxy groups -OCH3 is 2. The number of fused-ring (bicyclic) bond motifs is 1. The Morgan fingerprint density at radius 1 is 1.09 bits per heavy atom. The predicted octanol–water partition coefficient (Wildman–Crippen LogP) is 4.72. The summed E-state index contributed by atoms with van der Waals surface area (Å²) in [5.74, 6) is 0.950. The third kappa shape index (κ3) is 5.67. The molecule has 3 aromatic carbocycles. The van der Waals surface area contributed by atoms with Crippen molar-refractivity contribution in [2.75, 3.05) is 27.4 Å². The van der Waals surface area contributed by atoms with E-state index in [-0.39, 0.29) is 11.5 Å². The third-order valence-corrected chi connectivity index (χ3v) is 6.69. The molecule has 0 spiro atoms. The first kappa shape index (κ1) is 24.8. The van der Waals surface area contributed by atoms with Crippen molar-refractivity contribution in [2.24, 2.45) is 0 Å². The van der Waals surface area contributed by atoms with Crippen molar-refractivity contribution in [3.63, 3.8) is 0 Å². The second kappa shape index (κ2) is 11.4. The highest BCUT2D eigenvalue weighted by Gasteiger charge is 2.16. The first-order valence-electron chi connectivity index (χ1n) is 10.9. The maximum atomic E-state index is 13.6. The molecule has 35 heavy (non-hydrogen) atoms. The molecule has 7 nitrogen and oxygen atoms in total. The Labute approximate surface area is 212 Å². The number of amides is 1. The largest absolute Gasteiger partial charge is 0.497 e. The molecule has 0 saturated heterocycles. The lowest BCUT2D eigenvalue weighted by Gasteiger charge is -2.14. The molecule has 0 unspecified atom stereocenters. The lowest BCUT2D eigenvalue weighted by molar-refractivity contribution is 0.0937. The van der Waals surface area contributed by atoms with Gasteiger partial charge >= 0.3 is 0 Å². The van der Waals surface area contributed by atoms with Crippen LogP contribution in [-0.4, -0.2) is 42.8 Å². The van der Waals surface area contributed by atoms with Gasteiger partial charge in [-0.2, -0.15) is 0 Å². The van der Waals surface area contributed by atoms with Crippen LogP contribution < -0.4 is 15.6 Å². The van der Waals surface area contributed by atoms with Crippen LogP contribution in [0.25, 0.3) is 16.6 Å². The van der Waals surface area contributed by atoms with Crippen LogP contribution in [0.1, 0.15) is 15.9 Å². The molecule has 1 amide bonds. The number of aromatic nitrogens is 2. The Bertz CT molecular complexity index is 1410. The SMILES string of the molecule is COCCNC(=O)c1ccc2c(=O)n(-c3ccc(OC)cc3)c(SCc3ccccc3Cl)nc2c1. The van der Waals surface area contributed by atoms with Gasteiger partial charge in [0.15, 0.2) is 5.16 Å². The van der Waals surface area contributed by atoms with Crippen LogP contribution >= 0.6 is 23.4 Å². The molecule has 4 aromatic rings. The fourth-order valence-corrected chi connectivity index (χ4v) is 4.79. The molecule has 0 aliphatic heterocycles. The van der Waals surface area contributed by atoms with Crippen LogP contribution in [0.15, 0.2) is 76.7 Å². The number of carbonyl (C=O) groups is 1. The van der Waals surface area contributed by atoms with Crippen LogP contribution in [-0.2, 0) is 10.5 Å². The van der Waals surface area contributed by atoms with Crippen LogP contribution in [0.5, 0.6) is 5.75 Å². The summed E-state index contributed by atoms with van der Waals surface area (Å²) in [6.45, 7) is 0.797. The topological polar surface area (TPSA) is 82.5 Å². The highest BCUT2D eigenvalue weighted by molar-refractivity contribution is 7.98. The fraction of sp³-hybridized carbons (Fsp3) is 0.192. The summed E-state index contributed by atoms with van der Waals surface area (Å²) in [4.78, 5) is 30.9. The Balaban J connectivity index is 1.78. The quantitative estimate of drug-likeness (QED) is 0.200. The molecule has 180 valence electrons. The Kier molecular flexibility index (Phi) is 8.07. The first-order valence-corrected chi connectivity index (χ1v) is 12.2. The molecule has 1 aromatic heterocycles. The van der Waals surface area contributed by atoms with E-state index in [2.05, 4.69) is 5.32 Å². The summed E-state index contributed by atoms with van der Waals surface area (Å²) in [6, 6.07) is 19.7. The average molecular weight is 510 g/mol. The summed E-state index contributed by atoms with van der Waals surface area (Å²) >= 11 is 7.74. The van der Waals surface area contributed by atoms with E-state index < -0.39 is 0 Å². The molecule has 1 heterocycles. The lowest BCUT2D eigenvalue weighted by Crippen LogP contribution is -2.27. The van der Waals surface area contributed by atoms with Gasteiger partial charge in [-0.05, 0) is 54.1 Å². The average Bonchev–Trinajstić information content (AvgIpc) is 2.88. The molecule has 1 N–H and O–H groups in total. The normalized spacial score (nSPS) is 10.9. The number of hydrogen-bond donors (Lipinski definition) is 1. The Morgan fingerprint density at radius 3 is 2.57 bits per heavy atom. The monoisotopic (exact) mass is 509 g/mol. The third-order valence-electron chi connectivity index (χ3n) is 5.34. The molecule has 4 rings (SSSR count). The van der Waals surface area contributed by atoms with Gasteiger partial charge in [0, 0.05) is 30.0 Å². The fourth-order valence-electron chi connectivity index (χ4n) is 3.49. The summed E-state index contributed by atoms with van der Waals surface area (Å²) in [6.07, 6.45) is 0. The van der Waals surface area contributed by atoms with Gasteiger partial charge in [0.05, 0.1) is 30.3 Å². The standard InChI is InChI=1S/C26H24ClN3O4S/c1-33-14-13-28-24(31)17-7-12-21-23(15-17)29-26(35-16-18-5-3-4-6-22(18)27)30(25(21)32)19-8-10-20(34-2)11-9-19/h3-12,15H,13-14,16H2,1-2H3,(H,28,31). The number of carbonyl (C=O) groups excluding carboxylic acids is 1. The van der Waals surface area contributed by atoms with Gasteiger partial charge in [-0.15, -0.1) is 0 Å². The number of nitrogens with one attached hydrogen (secondary N) is 1. The van der Waals surface area contributed by atoms with Gasteiger partial charge in [-0.3, -0.25) is 14.2 Å². The summed E-state index contributed by atoms with van der Waals surface area (Å²) in [7, 11) is 3.16. The maximum absolute atomic E-state index is 13.6.